The van der Waals surface area contributed by atoms with Gasteiger partial charge in [-0.05, 0) is 69.8 Å². The summed E-state index contributed by atoms with van der Waals surface area (Å²) >= 11 is 0. The molecule has 48 heavy (non-hydrogen) atoms. The first-order valence-corrected chi connectivity index (χ1v) is 17.3. The number of aliphatic hydroxyl groups excluding tert-OH is 1. The Bertz CT molecular complexity index is 1270. The summed E-state index contributed by atoms with van der Waals surface area (Å²) in [4.78, 5) is 37.3. The number of ketones is 2. The first kappa shape index (κ1) is 42.0. The minimum atomic E-state index is -1.00. The monoisotopic (exact) mass is 660 g/mol. The van der Waals surface area contributed by atoms with Crippen molar-refractivity contribution in [2.24, 2.45) is 23.5 Å². The number of carbonyl (C=O) groups excluding carboxylic acids is 3. The summed E-state index contributed by atoms with van der Waals surface area (Å²) in [5, 5.41) is 20.7. The molecule has 1 aliphatic carbocycles. The van der Waals surface area contributed by atoms with Crippen LogP contribution in [0.3, 0.4) is 0 Å². The second kappa shape index (κ2) is 24.2. The van der Waals surface area contributed by atoms with E-state index in [9.17, 15) is 19.5 Å². The van der Waals surface area contributed by atoms with Gasteiger partial charge in [0.15, 0.2) is 17.5 Å². The smallest absolute Gasteiger partial charge is 0.247 e. The average molecular weight is 661 g/mol. The lowest BCUT2D eigenvalue weighted by atomic mass is 9.93. The zero-order valence-electron chi connectivity index (χ0n) is 30.0. The third-order valence-electron chi connectivity index (χ3n) is 8.28. The fourth-order valence-corrected chi connectivity index (χ4v) is 5.07. The van der Waals surface area contributed by atoms with Crippen LogP contribution in [0, 0.1) is 23.2 Å². The summed E-state index contributed by atoms with van der Waals surface area (Å²) in [5.74, 6) is 0.131. The Kier molecular flexibility index (Phi) is 21.1. The summed E-state index contributed by atoms with van der Waals surface area (Å²) in [6.45, 7) is 10.9. The molecule has 0 saturated heterocycles. The first-order valence-electron chi connectivity index (χ1n) is 17.3. The van der Waals surface area contributed by atoms with Gasteiger partial charge in [0.05, 0.1) is 6.10 Å². The van der Waals surface area contributed by atoms with Gasteiger partial charge in [0.1, 0.15) is 6.04 Å². The molecule has 8 heteroatoms. The van der Waals surface area contributed by atoms with Crippen molar-refractivity contribution in [3.8, 4) is 0 Å². The van der Waals surface area contributed by atoms with E-state index < -0.39 is 18.1 Å². The first-order chi connectivity index (χ1) is 22.8. The van der Waals surface area contributed by atoms with Crippen molar-refractivity contribution in [1.82, 2.24) is 10.2 Å². The van der Waals surface area contributed by atoms with Gasteiger partial charge in [-0.25, -0.2) is 0 Å². The predicted octanol–water partition coefficient (Wildman–Crippen LogP) is 7.07. The van der Waals surface area contributed by atoms with Crippen LogP contribution in [0.15, 0.2) is 96.2 Å². The van der Waals surface area contributed by atoms with Gasteiger partial charge in [0.25, 0.3) is 0 Å². The predicted molar refractivity (Wildman–Crippen MR) is 199 cm³/mol. The van der Waals surface area contributed by atoms with Crippen molar-refractivity contribution in [3.05, 3.63) is 96.2 Å². The van der Waals surface area contributed by atoms with E-state index in [4.69, 9.17) is 11.1 Å². The minimum Gasteiger partial charge on any atom is -0.388 e. The largest absolute Gasteiger partial charge is 0.388 e. The second-order valence-electron chi connectivity index (χ2n) is 12.9. The number of allylic oxidation sites excluding steroid dienone is 13. The van der Waals surface area contributed by atoms with Crippen molar-refractivity contribution in [3.63, 3.8) is 0 Å². The fraction of sp³-hybridized carbons (Fsp3) is 0.500. The molecule has 0 aliphatic heterocycles. The minimum absolute atomic E-state index is 0.0172. The number of nitrogens with two attached hydrogens (primary N) is 1. The third kappa shape index (κ3) is 18.3. The summed E-state index contributed by atoms with van der Waals surface area (Å²) in [5.41, 5.74) is 6.86. The molecular formula is C40H60N4O4. The number of hydrogen-bond acceptors (Lipinski definition) is 5. The van der Waals surface area contributed by atoms with Crippen LogP contribution >= 0.6 is 0 Å². The Labute approximate surface area is 289 Å². The highest BCUT2D eigenvalue weighted by atomic mass is 16.3. The molecule has 0 heterocycles. The van der Waals surface area contributed by atoms with Gasteiger partial charge in [-0.3, -0.25) is 19.8 Å². The highest BCUT2D eigenvalue weighted by molar-refractivity contribution is 6.15. The number of aliphatic hydroxyl groups is 1. The highest BCUT2D eigenvalue weighted by Crippen LogP contribution is 2.19. The van der Waals surface area contributed by atoms with E-state index in [-0.39, 0.29) is 36.3 Å². The average Bonchev–Trinajstić information content (AvgIpc) is 3.36. The molecule has 1 amide bonds. The fourth-order valence-electron chi connectivity index (χ4n) is 5.07. The van der Waals surface area contributed by atoms with E-state index in [0.717, 1.165) is 50.6 Å². The van der Waals surface area contributed by atoms with Crippen molar-refractivity contribution < 1.29 is 19.5 Å². The van der Waals surface area contributed by atoms with E-state index in [1.807, 2.05) is 57.4 Å². The number of amides is 1. The zero-order valence-corrected chi connectivity index (χ0v) is 30.0. The number of hydrogen-bond donors (Lipinski definition) is 4. The molecule has 0 aromatic rings. The van der Waals surface area contributed by atoms with Crippen LogP contribution in [0.1, 0.15) is 86.0 Å². The maximum Gasteiger partial charge on any atom is 0.247 e. The maximum atomic E-state index is 12.2. The topological polar surface area (TPSA) is 137 Å². The quantitative estimate of drug-likeness (QED) is 0.0198. The standard InChI is InChI=1S/C40H60N4O4/c1-30(21-15-12-13-20-28-44(6)40(41)42)22-16-14-17-23-31(2)29-34(5)38(47)32(3)24-18-10-8-7-9-11-19-25-33(4)39(48)43-37-35(45)26-27-36(37)46/h7-12,15-16,18-19,22,24-25,29-32,37-38,47H,13-14,17,20-21,23,26-28H2,1-6H3,(H3,41,42)(H,43,48)/b9-7+,10-8+,15-12?,19-11?,22-16?,24-18?,33-25?,34-29?. The summed E-state index contributed by atoms with van der Waals surface area (Å²) in [6.07, 6.45) is 33.9. The molecule has 0 aromatic heterocycles. The molecule has 0 radical (unpaired) electrons. The van der Waals surface area contributed by atoms with Crippen LogP contribution in [-0.2, 0) is 14.4 Å². The van der Waals surface area contributed by atoms with Gasteiger partial charge in [-0.1, -0.05) is 106 Å². The summed E-state index contributed by atoms with van der Waals surface area (Å²) in [6, 6.07) is -1.00. The Balaban J connectivity index is 2.32. The van der Waals surface area contributed by atoms with E-state index in [0.29, 0.717) is 17.4 Å². The molecule has 264 valence electrons. The van der Waals surface area contributed by atoms with Crippen LogP contribution in [0.4, 0.5) is 0 Å². The van der Waals surface area contributed by atoms with Crippen LogP contribution in [0.2, 0.25) is 0 Å². The Morgan fingerprint density at radius 2 is 1.52 bits per heavy atom. The SMILES string of the molecule is CC(=CC=C/C=C/C=C/C=CC(C)C(O)C(C)=CC(C)CCCC=CC(C)CC=CCCCN(C)C(=N)N)C(=O)NC1C(=O)CCC1=O. The van der Waals surface area contributed by atoms with Gasteiger partial charge in [-0.2, -0.15) is 0 Å². The zero-order chi connectivity index (χ0) is 35.9. The Hall–Kier alpha value is -4.04. The van der Waals surface area contributed by atoms with Gasteiger partial charge in [0, 0.05) is 37.9 Å². The van der Waals surface area contributed by atoms with Crippen LogP contribution in [0.5, 0.6) is 0 Å². The number of nitrogens with zero attached hydrogens (tertiary/aromatic N) is 1. The van der Waals surface area contributed by atoms with Crippen molar-refractivity contribution in [1.29, 1.82) is 5.41 Å². The summed E-state index contributed by atoms with van der Waals surface area (Å²) in [7, 11) is 1.84. The molecular weight excluding hydrogens is 600 g/mol. The summed E-state index contributed by atoms with van der Waals surface area (Å²) < 4.78 is 0. The number of guanidine groups is 1. The molecule has 1 rings (SSSR count). The Morgan fingerprint density at radius 1 is 0.917 bits per heavy atom. The number of rotatable bonds is 21. The van der Waals surface area contributed by atoms with E-state index in [1.54, 1.807) is 30.1 Å². The van der Waals surface area contributed by atoms with Gasteiger partial charge in [-0.15, -0.1) is 0 Å². The normalized spacial score (nSPS) is 18.0. The van der Waals surface area contributed by atoms with Crippen LogP contribution < -0.4 is 11.1 Å². The van der Waals surface area contributed by atoms with Gasteiger partial charge >= 0.3 is 0 Å². The number of nitrogens with one attached hydrogen (secondary N) is 2. The van der Waals surface area contributed by atoms with Crippen LogP contribution in [-0.4, -0.2) is 59.2 Å². The molecule has 0 bridgehead atoms. The maximum absolute atomic E-state index is 12.2. The molecule has 4 unspecified atom stereocenters. The molecule has 1 aliphatic rings. The molecule has 1 saturated carbocycles. The molecule has 4 atom stereocenters. The number of carbonyl (C=O) groups is 3. The molecule has 5 N–H and O–H groups in total. The van der Waals surface area contributed by atoms with Crippen molar-refractivity contribution in [2.75, 3.05) is 13.6 Å². The lowest BCUT2D eigenvalue weighted by molar-refractivity contribution is -0.129. The van der Waals surface area contributed by atoms with Crippen LogP contribution in [0.25, 0.3) is 0 Å². The lowest BCUT2D eigenvalue weighted by Crippen LogP contribution is -2.42. The van der Waals surface area contributed by atoms with E-state index >= 15 is 0 Å². The number of Topliss-reactive ketones (excluding diaryl/α,β-unsaturated/α-hetero) is 2. The van der Waals surface area contributed by atoms with Gasteiger partial charge in [0.2, 0.25) is 5.91 Å². The molecule has 0 spiro atoms. The third-order valence-corrected chi connectivity index (χ3v) is 8.28. The lowest BCUT2D eigenvalue weighted by Gasteiger charge is -2.18. The Morgan fingerprint density at radius 3 is 2.17 bits per heavy atom. The second-order valence-corrected chi connectivity index (χ2v) is 12.9. The highest BCUT2D eigenvalue weighted by Gasteiger charge is 2.34. The number of unbranched alkanes of at least 4 members (excludes halogenated alkanes) is 2. The molecule has 1 fully saturated rings. The van der Waals surface area contributed by atoms with E-state index in [1.165, 1.54) is 0 Å². The molecule has 8 nitrogen and oxygen atoms in total. The molecule has 0 aromatic carbocycles. The van der Waals surface area contributed by atoms with Crippen molar-refractivity contribution >= 4 is 23.4 Å². The van der Waals surface area contributed by atoms with E-state index in [2.05, 4.69) is 49.5 Å². The van der Waals surface area contributed by atoms with Gasteiger partial charge < -0.3 is 21.1 Å². The van der Waals surface area contributed by atoms with Crippen molar-refractivity contribution in [2.45, 2.75) is 98.1 Å².